The zero-order valence-electron chi connectivity index (χ0n) is 6.74. The fraction of sp³-hybridized carbons (Fsp3) is 0.375. The van der Waals surface area contributed by atoms with Crippen LogP contribution in [0.1, 0.15) is 6.42 Å². The monoisotopic (exact) mass is 228 g/mol. The van der Waals surface area contributed by atoms with Crippen molar-refractivity contribution in [2.24, 2.45) is 0 Å². The largest absolute Gasteiger partial charge is 0.426 e. The maximum atomic E-state index is 13.2. The van der Waals surface area contributed by atoms with Crippen molar-refractivity contribution in [1.29, 1.82) is 0 Å². The van der Waals surface area contributed by atoms with Crippen molar-refractivity contribution >= 4 is 16.8 Å². The molecule has 14 heavy (non-hydrogen) atoms. The predicted octanol–water partition coefficient (Wildman–Crippen LogP) is 2.91. The maximum Gasteiger partial charge on any atom is 0.426 e. The van der Waals surface area contributed by atoms with Crippen molar-refractivity contribution in [3.8, 4) is 0 Å². The van der Waals surface area contributed by atoms with Gasteiger partial charge in [0.25, 0.3) is 0 Å². The van der Waals surface area contributed by atoms with Gasteiger partial charge in [-0.2, -0.15) is 13.2 Å². The highest BCUT2D eigenvalue weighted by molar-refractivity contribution is 6.67. The van der Waals surface area contributed by atoms with Crippen LogP contribution in [-0.2, 0) is 4.79 Å². The fourth-order valence-corrected chi connectivity index (χ4v) is 1.17. The Morgan fingerprint density at radius 1 is 1.50 bits per heavy atom. The zero-order chi connectivity index (χ0) is 11.0. The standard InChI is InChI=1S/C8H5ClF4O/c9-6(14)5-2-1-3-7(10,4-5)8(11,12)13/h1-3H,4H2. The molecular formula is C8H5ClF4O. The third-order valence-electron chi connectivity index (χ3n) is 1.83. The van der Waals surface area contributed by atoms with Crippen molar-refractivity contribution < 1.29 is 22.4 Å². The smallest absolute Gasteiger partial charge is 0.276 e. The molecule has 0 fully saturated rings. The Labute approximate surface area is 82.0 Å². The van der Waals surface area contributed by atoms with Crippen LogP contribution < -0.4 is 0 Å². The van der Waals surface area contributed by atoms with Crippen LogP contribution in [0.2, 0.25) is 0 Å². The van der Waals surface area contributed by atoms with E-state index in [0.717, 1.165) is 12.2 Å². The number of alkyl halides is 4. The summed E-state index contributed by atoms with van der Waals surface area (Å²) in [7, 11) is 0. The fourth-order valence-electron chi connectivity index (χ4n) is 1.04. The van der Waals surface area contributed by atoms with Gasteiger partial charge in [-0.1, -0.05) is 12.2 Å². The molecule has 0 saturated heterocycles. The molecule has 0 N–H and O–H groups in total. The minimum Gasteiger partial charge on any atom is -0.276 e. The molecule has 1 nitrogen and oxygen atoms in total. The normalized spacial score (nSPS) is 27.4. The van der Waals surface area contributed by atoms with Gasteiger partial charge in [0.1, 0.15) is 0 Å². The SMILES string of the molecule is O=C(Cl)C1=CC=CC(F)(C(F)(F)F)C1. The Bertz CT molecular complexity index is 318. The van der Waals surface area contributed by atoms with Crippen molar-refractivity contribution in [3.63, 3.8) is 0 Å². The molecule has 1 aliphatic rings. The Morgan fingerprint density at radius 2 is 2.07 bits per heavy atom. The van der Waals surface area contributed by atoms with Crippen LogP contribution in [-0.4, -0.2) is 17.1 Å². The van der Waals surface area contributed by atoms with Gasteiger partial charge in [-0.25, -0.2) is 4.39 Å². The molecule has 0 aromatic rings. The summed E-state index contributed by atoms with van der Waals surface area (Å²) in [6.07, 6.45) is -3.81. The van der Waals surface area contributed by atoms with Crippen LogP contribution in [0.3, 0.4) is 0 Å². The summed E-state index contributed by atoms with van der Waals surface area (Å²) >= 11 is 4.96. The molecule has 6 heteroatoms. The van der Waals surface area contributed by atoms with Crippen LogP contribution in [0.15, 0.2) is 23.8 Å². The van der Waals surface area contributed by atoms with Gasteiger partial charge in [0.05, 0.1) is 0 Å². The third kappa shape index (κ3) is 1.97. The van der Waals surface area contributed by atoms with Gasteiger partial charge < -0.3 is 0 Å². The minimum absolute atomic E-state index is 0.371. The van der Waals surface area contributed by atoms with E-state index in [2.05, 4.69) is 0 Å². The molecule has 1 atom stereocenters. The Kier molecular flexibility index (Phi) is 2.71. The highest BCUT2D eigenvalue weighted by Gasteiger charge is 2.55. The van der Waals surface area contributed by atoms with Crippen LogP contribution >= 0.6 is 11.6 Å². The average Bonchev–Trinajstić information content (AvgIpc) is 2.02. The number of rotatable bonds is 1. The Hall–Kier alpha value is -0.840. The molecule has 0 spiro atoms. The highest BCUT2D eigenvalue weighted by atomic mass is 35.5. The number of halogens is 5. The van der Waals surface area contributed by atoms with E-state index in [1.54, 1.807) is 0 Å². The first-order valence-corrected chi connectivity index (χ1v) is 3.98. The van der Waals surface area contributed by atoms with Gasteiger partial charge in [0, 0.05) is 12.0 Å². The lowest BCUT2D eigenvalue weighted by Crippen LogP contribution is -2.40. The van der Waals surface area contributed by atoms with E-state index in [1.165, 1.54) is 0 Å². The second-order valence-electron chi connectivity index (χ2n) is 2.86. The number of carbonyl (C=O) groups is 1. The molecule has 0 aromatic carbocycles. The molecule has 0 aromatic heterocycles. The van der Waals surface area contributed by atoms with E-state index in [-0.39, 0.29) is 5.57 Å². The van der Waals surface area contributed by atoms with E-state index >= 15 is 0 Å². The highest BCUT2D eigenvalue weighted by Crippen LogP contribution is 2.41. The van der Waals surface area contributed by atoms with Crippen LogP contribution in [0.4, 0.5) is 17.6 Å². The summed E-state index contributed by atoms with van der Waals surface area (Å²) in [6, 6.07) is 0. The van der Waals surface area contributed by atoms with Crippen molar-refractivity contribution in [3.05, 3.63) is 23.8 Å². The average molecular weight is 229 g/mol. The minimum atomic E-state index is -5.03. The molecule has 0 amide bonds. The van der Waals surface area contributed by atoms with E-state index < -0.39 is 23.5 Å². The second-order valence-corrected chi connectivity index (χ2v) is 3.21. The van der Waals surface area contributed by atoms with Gasteiger partial charge in [0.2, 0.25) is 10.9 Å². The first-order valence-electron chi connectivity index (χ1n) is 3.60. The molecule has 1 rings (SSSR count). The van der Waals surface area contributed by atoms with Crippen molar-refractivity contribution in [2.75, 3.05) is 0 Å². The Balaban J connectivity index is 2.96. The number of allylic oxidation sites excluding steroid dienone is 4. The Morgan fingerprint density at radius 3 is 2.50 bits per heavy atom. The number of hydrogen-bond donors (Lipinski definition) is 0. The quantitative estimate of drug-likeness (QED) is 0.498. The molecule has 1 unspecified atom stereocenters. The molecule has 0 heterocycles. The topological polar surface area (TPSA) is 17.1 Å². The first-order chi connectivity index (χ1) is 6.26. The van der Waals surface area contributed by atoms with Gasteiger partial charge in [-0.3, -0.25) is 4.79 Å². The summed E-state index contributed by atoms with van der Waals surface area (Å²) in [5, 5.41) is -1.07. The molecule has 0 radical (unpaired) electrons. The third-order valence-corrected chi connectivity index (χ3v) is 2.07. The first kappa shape index (κ1) is 11.2. The number of carbonyl (C=O) groups excluding carboxylic acids is 1. The molecule has 0 saturated carbocycles. The summed E-state index contributed by atoms with van der Waals surface area (Å²) < 4.78 is 49.7. The van der Waals surface area contributed by atoms with Crippen LogP contribution in [0.5, 0.6) is 0 Å². The van der Waals surface area contributed by atoms with E-state index in [4.69, 9.17) is 11.6 Å². The molecule has 1 aliphatic carbocycles. The van der Waals surface area contributed by atoms with Crippen molar-refractivity contribution in [2.45, 2.75) is 18.3 Å². The lowest BCUT2D eigenvalue weighted by molar-refractivity contribution is -0.211. The summed E-state index contributed by atoms with van der Waals surface area (Å²) in [4.78, 5) is 10.5. The van der Waals surface area contributed by atoms with Crippen LogP contribution in [0.25, 0.3) is 0 Å². The molecule has 0 aliphatic heterocycles. The van der Waals surface area contributed by atoms with Crippen molar-refractivity contribution in [1.82, 2.24) is 0 Å². The summed E-state index contributed by atoms with van der Waals surface area (Å²) in [5.41, 5.74) is -3.87. The molecule has 78 valence electrons. The number of hydrogen-bond acceptors (Lipinski definition) is 1. The van der Waals surface area contributed by atoms with Gasteiger partial charge in [-0.15, -0.1) is 0 Å². The lowest BCUT2D eigenvalue weighted by atomic mass is 9.91. The lowest BCUT2D eigenvalue weighted by Gasteiger charge is -2.26. The summed E-state index contributed by atoms with van der Waals surface area (Å²) in [5.74, 6) is 0. The maximum absolute atomic E-state index is 13.2. The zero-order valence-corrected chi connectivity index (χ0v) is 7.49. The van der Waals surface area contributed by atoms with E-state index in [1.807, 2.05) is 0 Å². The predicted molar refractivity (Wildman–Crippen MR) is 42.6 cm³/mol. The van der Waals surface area contributed by atoms with Gasteiger partial charge in [-0.05, 0) is 17.7 Å². The molecular weight excluding hydrogens is 224 g/mol. The van der Waals surface area contributed by atoms with E-state index in [9.17, 15) is 22.4 Å². The van der Waals surface area contributed by atoms with Gasteiger partial charge in [0.15, 0.2) is 0 Å². The van der Waals surface area contributed by atoms with E-state index in [0.29, 0.717) is 6.08 Å². The second kappa shape index (κ2) is 3.38. The summed E-state index contributed by atoms with van der Waals surface area (Å²) in [6.45, 7) is 0. The van der Waals surface area contributed by atoms with Crippen LogP contribution in [0, 0.1) is 0 Å². The van der Waals surface area contributed by atoms with Gasteiger partial charge >= 0.3 is 6.18 Å². The molecule has 0 bridgehead atoms.